The Morgan fingerprint density at radius 1 is 1.08 bits per heavy atom. The van der Waals surface area contributed by atoms with E-state index in [4.69, 9.17) is 4.74 Å². The molecule has 2 amide bonds. The quantitative estimate of drug-likeness (QED) is 0.624. The second-order valence-corrected chi connectivity index (χ2v) is 7.94. The van der Waals surface area contributed by atoms with E-state index in [2.05, 4.69) is 0 Å². The van der Waals surface area contributed by atoms with Crippen LogP contribution in [0.3, 0.4) is 0 Å². The molecule has 1 aromatic rings. The van der Waals surface area contributed by atoms with Crippen LogP contribution in [0.25, 0.3) is 0 Å². The van der Waals surface area contributed by atoms with E-state index in [9.17, 15) is 14.4 Å². The molecule has 2 bridgehead atoms. The number of carbonyl (C=O) groups is 3. The fraction of sp³-hybridized carbons (Fsp3) is 0.550. The molecular weight excluding hydrogens is 318 g/mol. The number of anilines is 1. The van der Waals surface area contributed by atoms with E-state index in [1.807, 2.05) is 13.8 Å². The van der Waals surface area contributed by atoms with Gasteiger partial charge in [0.05, 0.1) is 29.7 Å². The zero-order valence-electron chi connectivity index (χ0n) is 14.6. The number of benzene rings is 1. The van der Waals surface area contributed by atoms with Gasteiger partial charge in [-0.25, -0.2) is 4.79 Å². The molecule has 5 heteroatoms. The van der Waals surface area contributed by atoms with Crippen molar-refractivity contribution in [3.8, 4) is 0 Å². The minimum absolute atomic E-state index is 0.0580. The summed E-state index contributed by atoms with van der Waals surface area (Å²) in [4.78, 5) is 38.9. The Hall–Kier alpha value is -2.17. The second-order valence-electron chi connectivity index (χ2n) is 7.94. The molecule has 3 aliphatic rings. The highest BCUT2D eigenvalue weighted by molar-refractivity contribution is 6.22. The Kier molecular flexibility index (Phi) is 3.89. The molecule has 2 saturated carbocycles. The first-order valence-electron chi connectivity index (χ1n) is 9.12. The molecule has 4 rings (SSSR count). The molecule has 0 N–H and O–H groups in total. The molecule has 25 heavy (non-hydrogen) atoms. The van der Waals surface area contributed by atoms with Crippen LogP contribution >= 0.6 is 0 Å². The summed E-state index contributed by atoms with van der Waals surface area (Å²) in [6.45, 7) is 4.33. The van der Waals surface area contributed by atoms with Gasteiger partial charge in [-0.3, -0.25) is 14.5 Å². The van der Waals surface area contributed by atoms with E-state index < -0.39 is 0 Å². The van der Waals surface area contributed by atoms with Crippen LogP contribution in [0.15, 0.2) is 24.3 Å². The van der Waals surface area contributed by atoms with E-state index in [1.54, 1.807) is 24.3 Å². The fourth-order valence-electron chi connectivity index (χ4n) is 4.74. The first-order chi connectivity index (χ1) is 12.0. The van der Waals surface area contributed by atoms with Crippen LogP contribution in [0.2, 0.25) is 0 Å². The van der Waals surface area contributed by atoms with Gasteiger partial charge in [-0.2, -0.15) is 0 Å². The number of ether oxygens (including phenoxy) is 1. The van der Waals surface area contributed by atoms with E-state index >= 15 is 0 Å². The molecule has 1 aromatic carbocycles. The van der Waals surface area contributed by atoms with Crippen molar-refractivity contribution in [2.45, 2.75) is 33.1 Å². The number of hydrogen-bond donors (Lipinski definition) is 0. The number of amides is 2. The first kappa shape index (κ1) is 16.3. The van der Waals surface area contributed by atoms with Gasteiger partial charge in [0, 0.05) is 0 Å². The third-order valence-electron chi connectivity index (χ3n) is 5.84. The normalized spacial score (nSPS) is 30.3. The molecule has 1 saturated heterocycles. The molecule has 0 spiro atoms. The van der Waals surface area contributed by atoms with Crippen LogP contribution in [0.5, 0.6) is 0 Å². The summed E-state index contributed by atoms with van der Waals surface area (Å²) in [5, 5.41) is 0. The predicted molar refractivity (Wildman–Crippen MR) is 91.9 cm³/mol. The Balaban J connectivity index is 1.52. The maximum atomic E-state index is 12.8. The van der Waals surface area contributed by atoms with Crippen LogP contribution < -0.4 is 4.90 Å². The number of rotatable bonds is 4. The van der Waals surface area contributed by atoms with Crippen molar-refractivity contribution in [1.82, 2.24) is 0 Å². The van der Waals surface area contributed by atoms with Crippen molar-refractivity contribution < 1.29 is 19.1 Å². The van der Waals surface area contributed by atoms with Crippen molar-refractivity contribution in [2.75, 3.05) is 11.5 Å². The van der Waals surface area contributed by atoms with Gasteiger partial charge in [-0.15, -0.1) is 0 Å². The number of carbonyl (C=O) groups excluding carboxylic acids is 3. The van der Waals surface area contributed by atoms with Crippen LogP contribution in [0, 0.1) is 29.6 Å². The topological polar surface area (TPSA) is 63.7 Å². The first-order valence-corrected chi connectivity index (χ1v) is 9.12. The molecule has 4 atom stereocenters. The zero-order chi connectivity index (χ0) is 17.7. The Labute approximate surface area is 147 Å². The SMILES string of the molecule is CC(C)COC(=O)c1ccc(N2C(=O)[C@H]3[C@H]4CC[C@@H](C4)[C@@H]3C2=O)cc1. The lowest BCUT2D eigenvalue weighted by molar-refractivity contribution is -0.123. The highest BCUT2D eigenvalue weighted by Crippen LogP contribution is 2.56. The van der Waals surface area contributed by atoms with Crippen molar-refractivity contribution in [1.29, 1.82) is 0 Å². The summed E-state index contributed by atoms with van der Waals surface area (Å²) in [5.74, 6) is 0.286. The van der Waals surface area contributed by atoms with E-state index in [-0.39, 0.29) is 35.5 Å². The summed E-state index contributed by atoms with van der Waals surface area (Å²) in [6, 6.07) is 6.60. The van der Waals surface area contributed by atoms with Crippen molar-refractivity contribution in [3.05, 3.63) is 29.8 Å². The lowest BCUT2D eigenvalue weighted by atomic mass is 9.81. The number of fused-ring (bicyclic) bond motifs is 5. The van der Waals surface area contributed by atoms with Crippen LogP contribution in [0.4, 0.5) is 5.69 Å². The standard InChI is InChI=1S/C20H23NO4/c1-11(2)10-25-20(24)12-5-7-15(8-6-12)21-18(22)16-13-3-4-14(9-13)17(16)19(21)23/h5-8,11,13-14,16-17H,3-4,9-10H2,1-2H3/t13-,14-,16-,17-/m0/s1. The van der Waals surface area contributed by atoms with Crippen LogP contribution in [-0.4, -0.2) is 24.4 Å². The Morgan fingerprint density at radius 3 is 2.16 bits per heavy atom. The smallest absolute Gasteiger partial charge is 0.338 e. The lowest BCUT2D eigenvalue weighted by Crippen LogP contribution is -2.32. The van der Waals surface area contributed by atoms with Gasteiger partial charge in [-0.1, -0.05) is 13.8 Å². The van der Waals surface area contributed by atoms with E-state index in [0.717, 1.165) is 19.3 Å². The highest BCUT2D eigenvalue weighted by atomic mass is 16.5. The maximum Gasteiger partial charge on any atom is 0.338 e. The van der Waals surface area contributed by atoms with Gasteiger partial charge in [0.25, 0.3) is 0 Å². The molecule has 0 unspecified atom stereocenters. The Bertz CT molecular complexity index is 696. The third-order valence-corrected chi connectivity index (χ3v) is 5.84. The molecule has 1 heterocycles. The highest BCUT2D eigenvalue weighted by Gasteiger charge is 2.61. The monoisotopic (exact) mass is 341 g/mol. The summed E-state index contributed by atoms with van der Waals surface area (Å²) in [6.07, 6.45) is 3.17. The van der Waals surface area contributed by atoms with E-state index in [0.29, 0.717) is 29.7 Å². The number of imide groups is 1. The summed E-state index contributed by atoms with van der Waals surface area (Å²) in [7, 11) is 0. The average Bonchev–Trinajstić information content (AvgIpc) is 3.27. The summed E-state index contributed by atoms with van der Waals surface area (Å²) >= 11 is 0. The van der Waals surface area contributed by atoms with E-state index in [1.165, 1.54) is 4.90 Å². The molecule has 132 valence electrons. The van der Waals surface area contributed by atoms with Crippen molar-refractivity contribution in [3.63, 3.8) is 0 Å². The maximum absolute atomic E-state index is 12.8. The molecule has 5 nitrogen and oxygen atoms in total. The summed E-state index contributed by atoms with van der Waals surface area (Å²) in [5.41, 5.74) is 0.993. The zero-order valence-corrected chi connectivity index (χ0v) is 14.6. The fourth-order valence-corrected chi connectivity index (χ4v) is 4.74. The second kappa shape index (κ2) is 5.97. The van der Waals surface area contributed by atoms with Gasteiger partial charge >= 0.3 is 5.97 Å². The van der Waals surface area contributed by atoms with Crippen LogP contribution in [0.1, 0.15) is 43.5 Å². The number of hydrogen-bond acceptors (Lipinski definition) is 4. The molecular formula is C20H23NO4. The third kappa shape index (κ3) is 2.57. The lowest BCUT2D eigenvalue weighted by Gasteiger charge is -2.19. The number of esters is 1. The largest absolute Gasteiger partial charge is 0.462 e. The van der Waals surface area contributed by atoms with Gasteiger partial charge in [0.2, 0.25) is 11.8 Å². The van der Waals surface area contributed by atoms with Gasteiger partial charge < -0.3 is 4.74 Å². The minimum Gasteiger partial charge on any atom is -0.462 e. The average molecular weight is 341 g/mol. The predicted octanol–water partition coefficient (Wildman–Crippen LogP) is 3.03. The van der Waals surface area contributed by atoms with Gasteiger partial charge in [0.1, 0.15) is 0 Å². The molecule has 0 aromatic heterocycles. The minimum atomic E-state index is -0.380. The number of nitrogens with zero attached hydrogens (tertiary/aromatic N) is 1. The van der Waals surface area contributed by atoms with Gasteiger partial charge in [0.15, 0.2) is 0 Å². The Morgan fingerprint density at radius 2 is 1.64 bits per heavy atom. The van der Waals surface area contributed by atoms with Gasteiger partial charge in [-0.05, 0) is 61.3 Å². The van der Waals surface area contributed by atoms with Crippen molar-refractivity contribution >= 4 is 23.5 Å². The molecule has 0 radical (unpaired) electrons. The molecule has 3 fully saturated rings. The molecule has 1 aliphatic heterocycles. The van der Waals surface area contributed by atoms with Crippen molar-refractivity contribution in [2.24, 2.45) is 29.6 Å². The molecule has 2 aliphatic carbocycles. The summed E-state index contributed by atoms with van der Waals surface area (Å²) < 4.78 is 5.21. The van der Waals surface area contributed by atoms with Crippen LogP contribution in [-0.2, 0) is 14.3 Å².